The molecule has 1 aliphatic heterocycles. The molecule has 432 valence electrons. The van der Waals surface area contributed by atoms with Crippen LogP contribution in [0.5, 0.6) is 0 Å². The van der Waals surface area contributed by atoms with Crippen LogP contribution in [0.15, 0.2) is 85.6 Å². The van der Waals surface area contributed by atoms with Gasteiger partial charge in [0.05, 0.1) is 27.4 Å². The van der Waals surface area contributed by atoms with Gasteiger partial charge in [-0.15, -0.1) is 0 Å². The summed E-state index contributed by atoms with van der Waals surface area (Å²) in [5.74, 6) is -1.16. The first-order valence-electron chi connectivity index (χ1n) is 25.4. The van der Waals surface area contributed by atoms with Gasteiger partial charge in [-0.05, 0) is 57.8 Å². The Labute approximate surface area is 454 Å². The predicted molar refractivity (Wildman–Crippen MR) is 283 cm³/mol. The van der Waals surface area contributed by atoms with Crippen molar-refractivity contribution in [2.45, 2.75) is 148 Å². The number of aliphatic hydroxyl groups excluding tert-OH is 2. The molecule has 3 heterocycles. The van der Waals surface area contributed by atoms with Gasteiger partial charge in [-0.1, -0.05) is 131 Å². The first-order valence-corrected chi connectivity index (χ1v) is 30.8. The number of aliphatic hydroxyl groups is 2. The van der Waals surface area contributed by atoms with Crippen LogP contribution in [0.2, 0.25) is 0 Å². The van der Waals surface area contributed by atoms with Crippen molar-refractivity contribution in [1.29, 1.82) is 0 Å². The minimum atomic E-state index is -5.93. The number of fused-ring (bicyclic) bond motifs is 1. The molecule has 24 nitrogen and oxygen atoms in total. The predicted octanol–water partition coefficient (Wildman–Crippen LogP) is 4.96. The van der Waals surface area contributed by atoms with Gasteiger partial charge in [0.15, 0.2) is 22.8 Å². The van der Waals surface area contributed by atoms with Crippen LogP contribution < -0.4 is 35.9 Å². The second kappa shape index (κ2) is 35.6. The van der Waals surface area contributed by atoms with Gasteiger partial charge in [0.2, 0.25) is 11.8 Å². The number of unbranched alkanes of at least 4 members (excludes halogenated alkanes) is 6. The molecule has 6 N–H and O–H groups in total. The minimum absolute atomic E-state index is 0.0207. The van der Waals surface area contributed by atoms with E-state index in [-0.39, 0.29) is 41.6 Å². The number of nitrogens with zero attached hydrogens (tertiary/aromatic N) is 4. The Balaban J connectivity index is 1.22. The fraction of sp³-hybridized carbons (Fsp3) is 0.592. The quantitative estimate of drug-likeness (QED) is 0.0335. The number of anilines is 1. The van der Waals surface area contributed by atoms with Crippen LogP contribution in [0.3, 0.4) is 0 Å². The maximum absolute atomic E-state index is 12.7. The molecule has 2 amide bonds. The molecule has 0 radical (unpaired) electrons. The lowest BCUT2D eigenvalue weighted by Crippen LogP contribution is -2.46. The van der Waals surface area contributed by atoms with Crippen LogP contribution in [0, 0.1) is 5.41 Å². The molecule has 1 saturated heterocycles. The number of phosphoric acid groups is 3. The van der Waals surface area contributed by atoms with Crippen LogP contribution in [-0.2, 0) is 50.7 Å². The number of aromatic nitrogens is 4. The smallest absolute Gasteiger partial charge is 0.274 e. The largest absolute Gasteiger partial charge is 0.790 e. The Hall–Kier alpha value is -4.00. The van der Waals surface area contributed by atoms with Crippen molar-refractivity contribution in [3.63, 3.8) is 0 Å². The summed E-state index contributed by atoms with van der Waals surface area (Å²) in [5, 5.41) is 26.5. The molecule has 0 spiro atoms. The van der Waals surface area contributed by atoms with Crippen LogP contribution in [-0.4, -0.2) is 103 Å². The number of nitrogens with one attached hydrogen (secondary N) is 2. The lowest BCUT2D eigenvalue weighted by Gasteiger charge is -2.36. The second-order valence-corrected chi connectivity index (χ2v) is 23.5. The summed E-state index contributed by atoms with van der Waals surface area (Å²) >= 11 is 1.13. The highest BCUT2D eigenvalue weighted by molar-refractivity contribution is 8.13. The third-order valence-electron chi connectivity index (χ3n) is 11.3. The Kier molecular flexibility index (Phi) is 31.1. The number of phosphoric ester groups is 3. The van der Waals surface area contributed by atoms with Gasteiger partial charge >= 0.3 is 0 Å². The number of carbonyl (C=O) groups excluding carboxylic acids is 3. The topological polar surface area (TPSA) is 375 Å². The number of thioether (sulfide) groups is 1. The maximum atomic E-state index is 12.7. The van der Waals surface area contributed by atoms with E-state index in [1.54, 1.807) is 0 Å². The Morgan fingerprint density at radius 1 is 0.805 bits per heavy atom. The van der Waals surface area contributed by atoms with Crippen molar-refractivity contribution in [2.24, 2.45) is 5.41 Å². The third kappa shape index (κ3) is 27.6. The van der Waals surface area contributed by atoms with Crippen molar-refractivity contribution in [2.75, 3.05) is 37.8 Å². The number of hydrogen-bond acceptors (Lipinski definition) is 22. The monoisotopic (exact) mass is 1160 g/mol. The Morgan fingerprint density at radius 2 is 1.38 bits per heavy atom. The van der Waals surface area contributed by atoms with Crippen LogP contribution in [0.1, 0.15) is 123 Å². The van der Waals surface area contributed by atoms with Gasteiger partial charge < -0.3 is 69.0 Å². The van der Waals surface area contributed by atoms with Crippen LogP contribution in [0.25, 0.3) is 11.2 Å². The number of imidazole rings is 1. The average molecular weight is 1160 g/mol. The summed E-state index contributed by atoms with van der Waals surface area (Å²) in [6.07, 6.45) is 32.4. The van der Waals surface area contributed by atoms with E-state index in [2.05, 4.69) is 123 Å². The number of ether oxygens (including phenoxy) is 1. The molecule has 2 aromatic heterocycles. The molecule has 1 fully saturated rings. The van der Waals surface area contributed by atoms with Gasteiger partial charge in [0.1, 0.15) is 36.3 Å². The maximum Gasteiger partial charge on any atom is 0.274 e. The van der Waals surface area contributed by atoms with Gasteiger partial charge in [-0.2, -0.15) is 0 Å². The van der Waals surface area contributed by atoms with Crippen LogP contribution >= 0.6 is 35.2 Å². The van der Waals surface area contributed by atoms with Crippen molar-refractivity contribution in [1.82, 2.24) is 30.2 Å². The molecular formula is C49H74N7O17P3S-4. The van der Waals surface area contributed by atoms with Gasteiger partial charge in [-0.25, -0.2) is 19.3 Å². The van der Waals surface area contributed by atoms with Crippen molar-refractivity contribution in [3.8, 4) is 0 Å². The molecule has 2 aromatic rings. The Morgan fingerprint density at radius 3 is 1.99 bits per heavy atom. The molecule has 2 unspecified atom stereocenters. The first kappa shape index (κ1) is 67.3. The normalized spacial score (nSPS) is 19.6. The van der Waals surface area contributed by atoms with Crippen molar-refractivity contribution < 1.29 is 80.5 Å². The summed E-state index contributed by atoms with van der Waals surface area (Å²) < 4.78 is 60.9. The molecule has 0 aromatic carbocycles. The van der Waals surface area contributed by atoms with Gasteiger partial charge in [0.25, 0.3) is 15.6 Å². The number of rotatable bonds is 39. The summed E-state index contributed by atoms with van der Waals surface area (Å²) in [4.78, 5) is 97.1. The molecule has 77 heavy (non-hydrogen) atoms. The van der Waals surface area contributed by atoms with Gasteiger partial charge in [-0.3, -0.25) is 28.1 Å². The standard InChI is InChI=1S/C49H78N7O17P3S/c1-4-5-6-7-8-9-10-11-12-13-14-15-16-17-18-19-20-21-22-23-24-25-26-27-28-29-40(58)77-33-32-51-39(57)30-31-52-47(61)44(60)49(2,3)35-70-76(67,68)73-75(65,66)69-34-38-43(72-74(62,63)64)42(59)48(71-38)56-37-55-41-45(50)53-36-54-46(41)56/h5-6,8-9,11-12,14-15,17-18,20-21,36-38,42-44,48,59-60H,4,7,10,13,16,19,22-35H2,1-3H3,(H,51,57)(H,52,61)(H,65,66)(H,67,68)(H2,50,53,54)(H2,62,63,64)/p-4/b6-5-,9-8-,12-11-,15-14-,18-17-,21-20-/t38-,42-,43-,44+,48-/m1/s1. The number of carbonyl (C=O) groups is 3. The Bertz CT molecular complexity index is 2470. The van der Waals surface area contributed by atoms with E-state index in [4.69, 9.17) is 10.5 Å². The molecule has 0 bridgehead atoms. The molecule has 1 aliphatic rings. The van der Waals surface area contributed by atoms with E-state index < -0.39 is 84.6 Å². The second-order valence-electron chi connectivity index (χ2n) is 18.3. The highest BCUT2D eigenvalue weighted by atomic mass is 32.2. The fourth-order valence-electron chi connectivity index (χ4n) is 7.22. The zero-order valence-electron chi connectivity index (χ0n) is 43.7. The van der Waals surface area contributed by atoms with E-state index in [0.29, 0.717) is 12.2 Å². The zero-order chi connectivity index (χ0) is 56.7. The molecular weight excluding hydrogens is 1080 g/mol. The summed E-state index contributed by atoms with van der Waals surface area (Å²) in [6, 6.07) is 0. The summed E-state index contributed by atoms with van der Waals surface area (Å²) in [6.45, 7) is 2.28. The average Bonchev–Trinajstić information content (AvgIpc) is 3.96. The number of nitrogens with two attached hydrogens (primary N) is 1. The van der Waals surface area contributed by atoms with Crippen molar-refractivity contribution in [3.05, 3.63) is 85.6 Å². The van der Waals surface area contributed by atoms with Crippen LogP contribution in [0.4, 0.5) is 5.82 Å². The fourth-order valence-corrected chi connectivity index (χ4v) is 10.7. The highest BCUT2D eigenvalue weighted by Crippen LogP contribution is 2.56. The minimum Gasteiger partial charge on any atom is -0.790 e. The van der Waals surface area contributed by atoms with Gasteiger partial charge in [0, 0.05) is 37.1 Å². The molecule has 0 saturated carbocycles. The first-order chi connectivity index (χ1) is 36.6. The van der Waals surface area contributed by atoms with E-state index in [9.17, 15) is 57.9 Å². The molecule has 7 atom stereocenters. The SMILES string of the molecule is CC/C=C\C/C=C\C/C=C\C/C=C\C/C=C\C/C=C\CCCCCCCCC(=O)SCCNC(=O)CCNC(=O)[C@H](O)C(C)(C)COP(=O)([O-])OP(=O)([O-])OC[C@H]1O[C@@H](n2cnc3c(N)ncnc32)[C@H](O)[C@@H]1OP(=O)([O-])[O-]. The number of nitrogen functional groups attached to an aromatic ring is 1. The number of allylic oxidation sites excluding steroid dienone is 12. The van der Waals surface area contributed by atoms with E-state index in [0.717, 1.165) is 112 Å². The lowest BCUT2D eigenvalue weighted by atomic mass is 9.87. The van der Waals surface area contributed by atoms with E-state index in [1.165, 1.54) is 13.8 Å². The molecule has 3 rings (SSSR count). The number of amides is 2. The summed E-state index contributed by atoms with van der Waals surface area (Å²) in [7, 11) is -17.6. The highest BCUT2D eigenvalue weighted by Gasteiger charge is 2.47. The lowest BCUT2D eigenvalue weighted by molar-refractivity contribution is -0.347. The third-order valence-corrected chi connectivity index (χ3v) is 15.3. The number of hydrogen-bond donors (Lipinski definition) is 5. The van der Waals surface area contributed by atoms with E-state index >= 15 is 0 Å². The van der Waals surface area contributed by atoms with E-state index in [1.807, 2.05) is 0 Å². The molecule has 0 aliphatic carbocycles. The molecule has 28 heteroatoms. The van der Waals surface area contributed by atoms with Crippen molar-refractivity contribution >= 4 is 69.1 Å². The summed E-state index contributed by atoms with van der Waals surface area (Å²) in [5.41, 5.74) is 4.09. The zero-order valence-corrected chi connectivity index (χ0v) is 47.2.